The van der Waals surface area contributed by atoms with Gasteiger partial charge in [-0.2, -0.15) is 0 Å². The standard InChI is InChI=1S/C21H25NO4/c1-5-25-15-8-6-14(7-9-15)20(23)22-18-13-21(2,3)26-19-12-16(24-4)10-11-17(18)19/h6-12,18H,5,13H2,1-4H3,(H,22,23). The Morgan fingerprint density at radius 1 is 1.19 bits per heavy atom. The first-order valence-electron chi connectivity index (χ1n) is 8.82. The maximum atomic E-state index is 12.7. The number of hydrogen-bond acceptors (Lipinski definition) is 4. The lowest BCUT2D eigenvalue weighted by Gasteiger charge is -2.38. The van der Waals surface area contributed by atoms with Crippen molar-refractivity contribution in [2.75, 3.05) is 13.7 Å². The van der Waals surface area contributed by atoms with E-state index in [0.29, 0.717) is 18.6 Å². The second kappa shape index (κ2) is 7.28. The Morgan fingerprint density at radius 3 is 2.54 bits per heavy atom. The Bertz CT molecular complexity index is 783. The molecule has 0 fully saturated rings. The number of carbonyl (C=O) groups is 1. The third-order valence-corrected chi connectivity index (χ3v) is 4.41. The van der Waals surface area contributed by atoms with E-state index < -0.39 is 0 Å². The van der Waals surface area contributed by atoms with Gasteiger partial charge in [0.25, 0.3) is 5.91 Å². The topological polar surface area (TPSA) is 56.8 Å². The van der Waals surface area contributed by atoms with Crippen molar-refractivity contribution in [1.29, 1.82) is 0 Å². The van der Waals surface area contributed by atoms with Gasteiger partial charge in [-0.05, 0) is 57.2 Å². The van der Waals surface area contributed by atoms with Crippen LogP contribution in [-0.2, 0) is 0 Å². The maximum absolute atomic E-state index is 12.7. The van der Waals surface area contributed by atoms with Crippen molar-refractivity contribution in [2.24, 2.45) is 0 Å². The number of rotatable bonds is 5. The Kier molecular flexibility index (Phi) is 5.07. The summed E-state index contributed by atoms with van der Waals surface area (Å²) in [7, 11) is 1.63. The predicted octanol–water partition coefficient (Wildman–Crippen LogP) is 4.13. The second-order valence-corrected chi connectivity index (χ2v) is 6.95. The average molecular weight is 355 g/mol. The van der Waals surface area contributed by atoms with Gasteiger partial charge >= 0.3 is 0 Å². The number of benzene rings is 2. The lowest BCUT2D eigenvalue weighted by atomic mass is 9.89. The van der Waals surface area contributed by atoms with E-state index in [-0.39, 0.29) is 17.6 Å². The van der Waals surface area contributed by atoms with Crippen LogP contribution in [0.15, 0.2) is 42.5 Å². The largest absolute Gasteiger partial charge is 0.497 e. The van der Waals surface area contributed by atoms with Crippen LogP contribution in [0.4, 0.5) is 0 Å². The molecule has 1 heterocycles. The lowest BCUT2D eigenvalue weighted by molar-refractivity contribution is 0.0617. The van der Waals surface area contributed by atoms with Crippen LogP contribution < -0.4 is 19.5 Å². The predicted molar refractivity (Wildman–Crippen MR) is 100 cm³/mol. The summed E-state index contributed by atoms with van der Waals surface area (Å²) in [4.78, 5) is 12.7. The summed E-state index contributed by atoms with van der Waals surface area (Å²) >= 11 is 0. The summed E-state index contributed by atoms with van der Waals surface area (Å²) in [6.45, 7) is 6.57. The number of hydrogen-bond donors (Lipinski definition) is 1. The molecule has 2 aromatic rings. The number of fused-ring (bicyclic) bond motifs is 1. The normalized spacial score (nSPS) is 17.6. The minimum absolute atomic E-state index is 0.113. The third-order valence-electron chi connectivity index (χ3n) is 4.41. The van der Waals surface area contributed by atoms with Crippen molar-refractivity contribution in [2.45, 2.75) is 38.8 Å². The summed E-state index contributed by atoms with van der Waals surface area (Å²) in [5.41, 5.74) is 1.19. The van der Waals surface area contributed by atoms with Crippen LogP contribution in [0.25, 0.3) is 0 Å². The monoisotopic (exact) mass is 355 g/mol. The molecule has 1 amide bonds. The zero-order valence-corrected chi connectivity index (χ0v) is 15.7. The van der Waals surface area contributed by atoms with Crippen LogP contribution >= 0.6 is 0 Å². The number of methoxy groups -OCH3 is 1. The molecule has 1 aliphatic heterocycles. The molecule has 138 valence electrons. The van der Waals surface area contributed by atoms with Gasteiger partial charge in [0.1, 0.15) is 22.8 Å². The van der Waals surface area contributed by atoms with Gasteiger partial charge in [-0.1, -0.05) is 0 Å². The van der Waals surface area contributed by atoms with Crippen molar-refractivity contribution >= 4 is 5.91 Å². The number of amides is 1. The molecule has 1 unspecified atom stereocenters. The third kappa shape index (κ3) is 3.93. The van der Waals surface area contributed by atoms with Crippen molar-refractivity contribution in [3.8, 4) is 17.2 Å². The van der Waals surface area contributed by atoms with Gasteiger partial charge in [-0.3, -0.25) is 4.79 Å². The minimum Gasteiger partial charge on any atom is -0.497 e. The molecule has 1 N–H and O–H groups in total. The van der Waals surface area contributed by atoms with Gasteiger partial charge in [0.05, 0.1) is 19.8 Å². The van der Waals surface area contributed by atoms with E-state index in [0.717, 1.165) is 22.8 Å². The van der Waals surface area contributed by atoms with E-state index in [4.69, 9.17) is 14.2 Å². The summed E-state index contributed by atoms with van der Waals surface area (Å²) in [5, 5.41) is 3.14. The summed E-state index contributed by atoms with van der Waals surface area (Å²) in [6, 6.07) is 12.8. The zero-order valence-electron chi connectivity index (χ0n) is 15.7. The van der Waals surface area contributed by atoms with E-state index in [1.54, 1.807) is 19.2 Å². The second-order valence-electron chi connectivity index (χ2n) is 6.95. The molecular formula is C21H25NO4. The van der Waals surface area contributed by atoms with E-state index >= 15 is 0 Å². The highest BCUT2D eigenvalue weighted by Gasteiger charge is 2.35. The molecule has 2 aromatic carbocycles. The molecule has 26 heavy (non-hydrogen) atoms. The molecule has 1 atom stereocenters. The van der Waals surface area contributed by atoms with Crippen LogP contribution in [0.1, 0.15) is 49.2 Å². The van der Waals surface area contributed by atoms with E-state index in [9.17, 15) is 4.79 Å². The van der Waals surface area contributed by atoms with Crippen molar-refractivity contribution in [1.82, 2.24) is 5.32 Å². The van der Waals surface area contributed by atoms with Gasteiger partial charge in [0, 0.05) is 23.6 Å². The van der Waals surface area contributed by atoms with Crippen LogP contribution in [0.3, 0.4) is 0 Å². The van der Waals surface area contributed by atoms with Gasteiger partial charge in [-0.25, -0.2) is 0 Å². The first-order chi connectivity index (χ1) is 12.4. The molecule has 3 rings (SSSR count). The number of nitrogens with one attached hydrogen (secondary N) is 1. The highest BCUT2D eigenvalue weighted by atomic mass is 16.5. The molecular weight excluding hydrogens is 330 g/mol. The zero-order chi connectivity index (χ0) is 18.7. The highest BCUT2D eigenvalue weighted by molar-refractivity contribution is 5.94. The molecule has 0 bridgehead atoms. The van der Waals surface area contributed by atoms with Gasteiger partial charge < -0.3 is 19.5 Å². The maximum Gasteiger partial charge on any atom is 0.251 e. The van der Waals surface area contributed by atoms with Crippen molar-refractivity contribution < 1.29 is 19.0 Å². The molecule has 5 heteroatoms. The Morgan fingerprint density at radius 2 is 1.88 bits per heavy atom. The van der Waals surface area contributed by atoms with Crippen LogP contribution in [0.5, 0.6) is 17.2 Å². The fourth-order valence-electron chi connectivity index (χ4n) is 3.20. The Hall–Kier alpha value is -2.69. The molecule has 0 aromatic heterocycles. The molecule has 0 aliphatic carbocycles. The first kappa shape index (κ1) is 18.1. The SMILES string of the molecule is CCOc1ccc(C(=O)NC2CC(C)(C)Oc3cc(OC)ccc32)cc1. The van der Waals surface area contributed by atoms with Gasteiger partial charge in [0.2, 0.25) is 0 Å². The Balaban J connectivity index is 1.81. The van der Waals surface area contributed by atoms with Crippen molar-refractivity contribution in [3.05, 3.63) is 53.6 Å². The summed E-state index contributed by atoms with van der Waals surface area (Å²) < 4.78 is 16.8. The van der Waals surface area contributed by atoms with E-state index in [2.05, 4.69) is 5.32 Å². The quantitative estimate of drug-likeness (QED) is 0.876. The first-order valence-corrected chi connectivity index (χ1v) is 8.82. The van der Waals surface area contributed by atoms with Crippen molar-refractivity contribution in [3.63, 3.8) is 0 Å². The fourth-order valence-corrected chi connectivity index (χ4v) is 3.20. The van der Waals surface area contributed by atoms with E-state index in [1.165, 1.54) is 0 Å². The lowest BCUT2D eigenvalue weighted by Crippen LogP contribution is -2.41. The number of ether oxygens (including phenoxy) is 3. The minimum atomic E-state index is -0.379. The molecule has 5 nitrogen and oxygen atoms in total. The molecule has 1 aliphatic rings. The van der Waals surface area contributed by atoms with Crippen LogP contribution in [0.2, 0.25) is 0 Å². The summed E-state index contributed by atoms with van der Waals surface area (Å²) in [5.74, 6) is 2.13. The van der Waals surface area contributed by atoms with E-state index in [1.807, 2.05) is 51.1 Å². The van der Waals surface area contributed by atoms with Crippen LogP contribution in [-0.4, -0.2) is 25.2 Å². The molecule has 0 radical (unpaired) electrons. The molecule has 0 spiro atoms. The Labute approximate surface area is 154 Å². The highest BCUT2D eigenvalue weighted by Crippen LogP contribution is 2.41. The van der Waals surface area contributed by atoms with Gasteiger partial charge in [0.15, 0.2) is 0 Å². The fraction of sp³-hybridized carbons (Fsp3) is 0.381. The smallest absolute Gasteiger partial charge is 0.251 e. The van der Waals surface area contributed by atoms with Gasteiger partial charge in [-0.15, -0.1) is 0 Å². The molecule has 0 saturated heterocycles. The summed E-state index contributed by atoms with van der Waals surface area (Å²) in [6.07, 6.45) is 0.690. The number of carbonyl (C=O) groups excluding carboxylic acids is 1. The molecule has 0 saturated carbocycles. The van der Waals surface area contributed by atoms with Crippen LogP contribution in [0, 0.1) is 0 Å². The average Bonchev–Trinajstić information content (AvgIpc) is 2.61.